The van der Waals surface area contributed by atoms with E-state index < -0.39 is 11.8 Å². The molecule has 0 saturated heterocycles. The number of benzene rings is 1. The molecule has 0 unspecified atom stereocenters. The van der Waals surface area contributed by atoms with Crippen molar-refractivity contribution in [1.29, 1.82) is 10.7 Å². The summed E-state index contributed by atoms with van der Waals surface area (Å²) in [6.45, 7) is 2.75. The van der Waals surface area contributed by atoms with Crippen LogP contribution in [0.4, 0.5) is 11.5 Å². The molecule has 0 fully saturated rings. The summed E-state index contributed by atoms with van der Waals surface area (Å²) in [5.41, 5.74) is 0.823. The van der Waals surface area contributed by atoms with E-state index in [4.69, 9.17) is 50.2 Å². The van der Waals surface area contributed by atoms with Gasteiger partial charge in [0.25, 0.3) is 11.8 Å². The molecule has 0 spiro atoms. The Kier molecular flexibility index (Phi) is 10.3. The van der Waals surface area contributed by atoms with Crippen molar-refractivity contribution in [1.82, 2.24) is 9.88 Å². The summed E-state index contributed by atoms with van der Waals surface area (Å²) in [6, 6.07) is 8.02. The number of ether oxygens (including phenoxy) is 1. The Labute approximate surface area is 238 Å². The summed E-state index contributed by atoms with van der Waals surface area (Å²) in [6.07, 6.45) is 1.96. The second kappa shape index (κ2) is 13.4. The van der Waals surface area contributed by atoms with E-state index in [9.17, 15) is 9.59 Å². The minimum absolute atomic E-state index is 0.0513. The zero-order valence-corrected chi connectivity index (χ0v) is 23.5. The second-order valence-electron chi connectivity index (χ2n) is 7.82. The van der Waals surface area contributed by atoms with Gasteiger partial charge in [-0.1, -0.05) is 34.8 Å². The molecule has 0 aliphatic carbocycles. The molecule has 2 heterocycles. The van der Waals surface area contributed by atoms with Crippen molar-refractivity contribution in [3.63, 3.8) is 0 Å². The third kappa shape index (κ3) is 7.14. The maximum absolute atomic E-state index is 13.3. The molecule has 0 bridgehead atoms. The lowest BCUT2D eigenvalue weighted by molar-refractivity contribution is 0.102. The second-order valence-corrected chi connectivity index (χ2v) is 9.95. The number of halogens is 3. The molecule has 3 N–H and O–H groups in total. The molecule has 38 heavy (non-hydrogen) atoms. The largest absolute Gasteiger partial charge is 0.494 e. The molecule has 9 nitrogen and oxygen atoms in total. The van der Waals surface area contributed by atoms with Crippen LogP contribution in [-0.2, 0) is 6.54 Å². The van der Waals surface area contributed by atoms with Gasteiger partial charge in [0.2, 0.25) is 0 Å². The van der Waals surface area contributed by atoms with Gasteiger partial charge in [-0.3, -0.25) is 15.0 Å². The molecule has 0 aliphatic heterocycles. The highest BCUT2D eigenvalue weighted by atomic mass is 35.5. The first-order valence-electron chi connectivity index (χ1n) is 11.2. The molecule has 0 aliphatic rings. The predicted molar refractivity (Wildman–Crippen MR) is 151 cm³/mol. The lowest BCUT2D eigenvalue weighted by atomic mass is 10.1. The fourth-order valence-corrected chi connectivity index (χ4v) is 4.99. The highest BCUT2D eigenvalue weighted by Crippen LogP contribution is 2.35. The number of hydrogen-bond acceptors (Lipinski definition) is 7. The molecule has 0 radical (unpaired) electrons. The number of methoxy groups -OCH3 is 1. The van der Waals surface area contributed by atoms with Crippen LogP contribution in [0.5, 0.6) is 5.75 Å². The van der Waals surface area contributed by atoms with Crippen molar-refractivity contribution < 1.29 is 14.3 Å². The zero-order valence-electron chi connectivity index (χ0n) is 20.4. The van der Waals surface area contributed by atoms with E-state index in [0.717, 1.165) is 11.3 Å². The molecule has 2 amide bonds. The molecule has 198 valence electrons. The van der Waals surface area contributed by atoms with E-state index in [-0.39, 0.29) is 44.2 Å². The summed E-state index contributed by atoms with van der Waals surface area (Å²) in [7, 11) is 1.39. The van der Waals surface area contributed by atoms with Crippen LogP contribution in [0.25, 0.3) is 0 Å². The SMILES string of the molecule is CCN(Cc1csc(C(=O)Nc2c(OC)cc(Cl)cc2C(=O)Nc2ccc(Cl)cn2)c1Cl)C(=N)CCC#N. The number of nitriles is 1. The summed E-state index contributed by atoms with van der Waals surface area (Å²) >= 11 is 19.8. The van der Waals surface area contributed by atoms with Crippen molar-refractivity contribution in [3.05, 3.63) is 66.9 Å². The molecule has 1 aromatic carbocycles. The number of rotatable bonds is 10. The maximum atomic E-state index is 13.3. The normalized spacial score (nSPS) is 10.4. The van der Waals surface area contributed by atoms with E-state index in [0.29, 0.717) is 35.9 Å². The minimum atomic E-state index is -0.580. The number of amides is 2. The van der Waals surface area contributed by atoms with Crippen LogP contribution < -0.4 is 15.4 Å². The third-order valence-corrected chi connectivity index (χ3v) is 7.36. The van der Waals surface area contributed by atoms with E-state index in [1.165, 1.54) is 31.5 Å². The quantitative estimate of drug-likeness (QED) is 0.177. The van der Waals surface area contributed by atoms with Crippen LogP contribution in [0, 0.1) is 16.7 Å². The lowest BCUT2D eigenvalue weighted by Gasteiger charge is -2.23. The van der Waals surface area contributed by atoms with Gasteiger partial charge in [0.1, 0.15) is 16.4 Å². The highest BCUT2D eigenvalue weighted by Gasteiger charge is 2.24. The van der Waals surface area contributed by atoms with E-state index in [1.54, 1.807) is 16.3 Å². The average molecular weight is 594 g/mol. The summed E-state index contributed by atoms with van der Waals surface area (Å²) in [4.78, 5) is 32.4. The molecular weight excluding hydrogens is 571 g/mol. The predicted octanol–water partition coefficient (Wildman–Crippen LogP) is 6.72. The number of amidine groups is 1. The molecular formula is C25H23Cl3N6O3S. The van der Waals surface area contributed by atoms with Crippen molar-refractivity contribution >= 4 is 75.3 Å². The third-order valence-electron chi connectivity index (χ3n) is 5.34. The summed E-state index contributed by atoms with van der Waals surface area (Å²) in [5.74, 6) is -0.381. The molecule has 3 rings (SSSR count). The number of carbonyl (C=O) groups excluding carboxylic acids is 2. The lowest BCUT2D eigenvalue weighted by Crippen LogP contribution is -2.29. The van der Waals surface area contributed by atoms with Gasteiger partial charge in [0.05, 0.1) is 40.3 Å². The topological polar surface area (TPSA) is 131 Å². The van der Waals surface area contributed by atoms with Gasteiger partial charge >= 0.3 is 0 Å². The van der Waals surface area contributed by atoms with Crippen molar-refractivity contribution in [2.24, 2.45) is 0 Å². The van der Waals surface area contributed by atoms with Crippen LogP contribution >= 0.6 is 46.1 Å². The smallest absolute Gasteiger partial charge is 0.267 e. The van der Waals surface area contributed by atoms with E-state index >= 15 is 0 Å². The van der Waals surface area contributed by atoms with Crippen LogP contribution in [0.2, 0.25) is 15.1 Å². The monoisotopic (exact) mass is 592 g/mol. The van der Waals surface area contributed by atoms with Gasteiger partial charge in [-0.2, -0.15) is 5.26 Å². The molecule has 3 aromatic rings. The van der Waals surface area contributed by atoms with Crippen molar-refractivity contribution in [3.8, 4) is 11.8 Å². The Bertz CT molecular complexity index is 1390. The zero-order chi connectivity index (χ0) is 27.8. The van der Waals surface area contributed by atoms with Gasteiger partial charge in [0.15, 0.2) is 0 Å². The number of anilines is 2. The molecule has 2 aromatic heterocycles. The molecule has 0 saturated carbocycles. The minimum Gasteiger partial charge on any atom is -0.494 e. The van der Waals surface area contributed by atoms with Gasteiger partial charge < -0.3 is 20.3 Å². The van der Waals surface area contributed by atoms with E-state index in [1.807, 2.05) is 13.0 Å². The van der Waals surface area contributed by atoms with Gasteiger partial charge in [0, 0.05) is 48.8 Å². The maximum Gasteiger partial charge on any atom is 0.267 e. The molecule has 0 atom stereocenters. The number of nitrogens with zero attached hydrogens (tertiary/aromatic N) is 3. The average Bonchev–Trinajstić information content (AvgIpc) is 3.27. The molecule has 13 heteroatoms. The van der Waals surface area contributed by atoms with Gasteiger partial charge in [-0.15, -0.1) is 11.3 Å². The van der Waals surface area contributed by atoms with Crippen LogP contribution in [-0.4, -0.2) is 41.2 Å². The number of thiophene rings is 1. The number of aromatic nitrogens is 1. The fourth-order valence-electron chi connectivity index (χ4n) is 3.43. The number of hydrogen-bond donors (Lipinski definition) is 3. The van der Waals surface area contributed by atoms with Gasteiger partial charge in [-0.05, 0) is 30.5 Å². The highest BCUT2D eigenvalue weighted by molar-refractivity contribution is 7.13. The van der Waals surface area contributed by atoms with Crippen molar-refractivity contribution in [2.45, 2.75) is 26.3 Å². The first-order chi connectivity index (χ1) is 18.2. The first kappa shape index (κ1) is 29.2. The standard InChI is InChI=1S/C25H23Cl3N6O3S/c1-3-34(19(30)5-4-8-29)12-14-13-38-23(21(14)28)25(36)33-22-17(9-16(27)10-18(22)37-2)24(35)32-20-7-6-15(26)11-31-20/h6-7,9-11,13,30H,3-5,12H2,1-2H3,(H,33,36)(H,31,32,35). The van der Waals surface area contributed by atoms with Crippen LogP contribution in [0.1, 0.15) is 45.4 Å². The summed E-state index contributed by atoms with van der Waals surface area (Å²) in [5, 5.41) is 25.0. The number of carbonyl (C=O) groups is 2. The van der Waals surface area contributed by atoms with Crippen LogP contribution in [0.3, 0.4) is 0 Å². The fraction of sp³-hybridized carbons (Fsp3) is 0.240. The number of pyridine rings is 1. The Morgan fingerprint density at radius 1 is 1.18 bits per heavy atom. The van der Waals surface area contributed by atoms with Crippen LogP contribution in [0.15, 0.2) is 35.8 Å². The summed E-state index contributed by atoms with van der Waals surface area (Å²) < 4.78 is 5.39. The number of nitrogens with one attached hydrogen (secondary N) is 3. The Morgan fingerprint density at radius 2 is 1.95 bits per heavy atom. The Balaban J connectivity index is 1.86. The Hall–Kier alpha value is -3.36. The first-order valence-corrected chi connectivity index (χ1v) is 13.3. The Morgan fingerprint density at radius 3 is 2.58 bits per heavy atom. The van der Waals surface area contributed by atoms with Gasteiger partial charge in [-0.25, -0.2) is 4.98 Å². The van der Waals surface area contributed by atoms with E-state index in [2.05, 4.69) is 15.6 Å². The van der Waals surface area contributed by atoms with Crippen molar-refractivity contribution in [2.75, 3.05) is 24.3 Å².